The van der Waals surface area contributed by atoms with Gasteiger partial charge in [-0.15, -0.1) is 0 Å². The second-order valence-electron chi connectivity index (χ2n) is 3.83. The van der Waals surface area contributed by atoms with Crippen molar-refractivity contribution in [2.75, 3.05) is 6.61 Å². The Morgan fingerprint density at radius 1 is 1.20 bits per heavy atom. The molecule has 2 N–H and O–H groups in total. The van der Waals surface area contributed by atoms with E-state index in [0.29, 0.717) is 12.8 Å². The number of halogens is 3. The molecule has 1 saturated carbocycles. The van der Waals surface area contributed by atoms with Crippen molar-refractivity contribution in [1.29, 1.82) is 0 Å². The molecule has 0 aromatic carbocycles. The van der Waals surface area contributed by atoms with Crippen LogP contribution in [0.15, 0.2) is 0 Å². The van der Waals surface area contributed by atoms with E-state index in [1.54, 1.807) is 0 Å². The van der Waals surface area contributed by atoms with Crippen molar-refractivity contribution < 1.29 is 23.1 Å². The zero-order valence-electron chi connectivity index (χ0n) is 8.39. The van der Waals surface area contributed by atoms with Gasteiger partial charge in [0.1, 0.15) is 0 Å². The Morgan fingerprint density at radius 3 is 2.53 bits per heavy atom. The van der Waals surface area contributed by atoms with Crippen LogP contribution in [0.4, 0.5) is 13.2 Å². The highest BCUT2D eigenvalue weighted by Gasteiger charge is 2.29. The number of aliphatic hydroxyl groups excluding tert-OH is 1. The third-order valence-electron chi connectivity index (χ3n) is 2.45. The highest BCUT2D eigenvalue weighted by molar-refractivity contribution is 4.76. The van der Waals surface area contributed by atoms with Crippen molar-refractivity contribution in [2.24, 2.45) is 0 Å². The van der Waals surface area contributed by atoms with Gasteiger partial charge in [-0.3, -0.25) is 4.84 Å². The molecule has 90 valence electrons. The summed E-state index contributed by atoms with van der Waals surface area (Å²) in [6.07, 6.45) is -0.841. The van der Waals surface area contributed by atoms with Crippen molar-refractivity contribution in [1.82, 2.24) is 5.48 Å². The molecule has 0 aromatic rings. The molecule has 0 radical (unpaired) electrons. The lowest BCUT2D eigenvalue weighted by atomic mass is 10.1. The molecular weight excluding hydrogens is 211 g/mol. The number of rotatable bonds is 3. The molecule has 6 heteroatoms. The summed E-state index contributed by atoms with van der Waals surface area (Å²) in [7, 11) is 0. The van der Waals surface area contributed by atoms with Crippen LogP contribution in [0.25, 0.3) is 0 Å². The van der Waals surface area contributed by atoms with Crippen LogP contribution in [0, 0.1) is 0 Å². The minimum atomic E-state index is -4.33. The van der Waals surface area contributed by atoms with Crippen LogP contribution in [0.2, 0.25) is 0 Å². The van der Waals surface area contributed by atoms with Gasteiger partial charge in [0.2, 0.25) is 0 Å². The maximum absolute atomic E-state index is 11.8. The third kappa shape index (κ3) is 5.34. The van der Waals surface area contributed by atoms with Crippen molar-refractivity contribution in [3.63, 3.8) is 0 Å². The summed E-state index contributed by atoms with van der Waals surface area (Å²) < 4.78 is 35.3. The number of nitrogens with one attached hydrogen (secondary N) is 1. The van der Waals surface area contributed by atoms with Crippen LogP contribution >= 0.6 is 0 Å². The topological polar surface area (TPSA) is 41.5 Å². The number of hydroxylamine groups is 1. The van der Waals surface area contributed by atoms with Crippen molar-refractivity contribution in [2.45, 2.75) is 50.4 Å². The average molecular weight is 227 g/mol. The Morgan fingerprint density at radius 2 is 1.87 bits per heavy atom. The van der Waals surface area contributed by atoms with E-state index < -0.39 is 18.9 Å². The molecule has 1 aliphatic carbocycles. The summed E-state index contributed by atoms with van der Waals surface area (Å²) in [6, 6.07) is -0.380. The fourth-order valence-corrected chi connectivity index (χ4v) is 1.66. The number of alkyl halides is 3. The van der Waals surface area contributed by atoms with Gasteiger partial charge in [0, 0.05) is 0 Å². The quantitative estimate of drug-likeness (QED) is 0.570. The molecule has 2 unspecified atom stereocenters. The average Bonchev–Trinajstić information content (AvgIpc) is 2.30. The minimum Gasteiger partial charge on any atom is -0.391 e. The van der Waals surface area contributed by atoms with Gasteiger partial charge < -0.3 is 5.11 Å². The summed E-state index contributed by atoms with van der Waals surface area (Å²) in [5, 5.41) is 9.55. The molecule has 0 aliphatic heterocycles. The number of hydrogen-bond donors (Lipinski definition) is 2. The van der Waals surface area contributed by atoms with E-state index in [-0.39, 0.29) is 6.04 Å². The molecule has 15 heavy (non-hydrogen) atoms. The fourth-order valence-electron chi connectivity index (χ4n) is 1.66. The van der Waals surface area contributed by atoms with E-state index in [1.807, 2.05) is 0 Å². The Labute approximate surface area is 86.6 Å². The third-order valence-corrected chi connectivity index (χ3v) is 2.45. The maximum atomic E-state index is 11.8. The summed E-state index contributed by atoms with van der Waals surface area (Å²) >= 11 is 0. The molecular formula is C9H16F3NO2. The molecule has 0 heterocycles. The lowest BCUT2D eigenvalue weighted by molar-refractivity contribution is -0.196. The number of aliphatic hydroxyl groups is 1. The van der Waals surface area contributed by atoms with E-state index in [1.165, 1.54) is 0 Å². The molecule has 3 nitrogen and oxygen atoms in total. The lowest BCUT2D eigenvalue weighted by Crippen LogP contribution is -2.40. The molecule has 2 atom stereocenters. The largest absolute Gasteiger partial charge is 0.413 e. The van der Waals surface area contributed by atoms with Gasteiger partial charge in [-0.1, -0.05) is 19.3 Å². The molecule has 1 rings (SSSR count). The van der Waals surface area contributed by atoms with Crippen molar-refractivity contribution in [3.8, 4) is 0 Å². The zero-order valence-corrected chi connectivity index (χ0v) is 8.39. The summed E-state index contributed by atoms with van der Waals surface area (Å²) in [6.45, 7) is -1.32. The summed E-state index contributed by atoms with van der Waals surface area (Å²) in [4.78, 5) is 4.33. The monoisotopic (exact) mass is 227 g/mol. The van der Waals surface area contributed by atoms with Crippen LogP contribution in [0.3, 0.4) is 0 Å². The van der Waals surface area contributed by atoms with E-state index in [4.69, 9.17) is 0 Å². The van der Waals surface area contributed by atoms with E-state index in [0.717, 1.165) is 19.3 Å². The van der Waals surface area contributed by atoms with Gasteiger partial charge in [-0.25, -0.2) is 0 Å². The standard InChI is InChI=1S/C9H16F3NO2/c10-9(11,12)6-15-13-7-4-2-1-3-5-8(7)14/h7-8,13-14H,1-6H2. The van der Waals surface area contributed by atoms with Crippen LogP contribution in [-0.4, -0.2) is 30.0 Å². The first kappa shape index (κ1) is 12.7. The molecule has 0 amide bonds. The highest BCUT2D eigenvalue weighted by atomic mass is 19.4. The van der Waals surface area contributed by atoms with Crippen molar-refractivity contribution >= 4 is 0 Å². The summed E-state index contributed by atoms with van der Waals surface area (Å²) in [5.74, 6) is 0. The predicted molar refractivity (Wildman–Crippen MR) is 48.0 cm³/mol. The van der Waals surface area contributed by atoms with E-state index in [9.17, 15) is 18.3 Å². The van der Waals surface area contributed by atoms with Gasteiger partial charge >= 0.3 is 6.18 Å². The Balaban J connectivity index is 2.23. The lowest BCUT2D eigenvalue weighted by Gasteiger charge is -2.21. The van der Waals surface area contributed by atoms with Crippen LogP contribution < -0.4 is 5.48 Å². The Hall–Kier alpha value is -0.330. The second-order valence-corrected chi connectivity index (χ2v) is 3.83. The second kappa shape index (κ2) is 5.67. The zero-order chi connectivity index (χ0) is 11.3. The highest BCUT2D eigenvalue weighted by Crippen LogP contribution is 2.19. The fraction of sp³-hybridized carbons (Fsp3) is 1.00. The maximum Gasteiger partial charge on any atom is 0.413 e. The predicted octanol–water partition coefficient (Wildman–Crippen LogP) is 1.76. The normalized spacial score (nSPS) is 28.8. The SMILES string of the molecule is OC1CCCCCC1NOCC(F)(F)F. The molecule has 1 aliphatic rings. The Kier molecular flexibility index (Phi) is 4.82. The Bertz CT molecular complexity index is 187. The van der Waals surface area contributed by atoms with Gasteiger partial charge in [0.15, 0.2) is 6.61 Å². The molecule has 0 saturated heterocycles. The van der Waals surface area contributed by atoms with Gasteiger partial charge in [-0.2, -0.15) is 18.7 Å². The first-order valence-electron chi connectivity index (χ1n) is 5.11. The van der Waals surface area contributed by atoms with E-state index >= 15 is 0 Å². The van der Waals surface area contributed by atoms with E-state index in [2.05, 4.69) is 10.3 Å². The van der Waals surface area contributed by atoms with Crippen LogP contribution in [0.1, 0.15) is 32.1 Å². The van der Waals surface area contributed by atoms with Gasteiger partial charge in [-0.05, 0) is 12.8 Å². The van der Waals surface area contributed by atoms with Crippen molar-refractivity contribution in [3.05, 3.63) is 0 Å². The smallest absolute Gasteiger partial charge is 0.391 e. The minimum absolute atomic E-state index is 0.380. The molecule has 0 aromatic heterocycles. The van der Waals surface area contributed by atoms with Gasteiger partial charge in [0.05, 0.1) is 12.1 Å². The number of hydrogen-bond acceptors (Lipinski definition) is 3. The first-order valence-corrected chi connectivity index (χ1v) is 5.11. The molecule has 0 spiro atoms. The molecule has 0 bridgehead atoms. The first-order chi connectivity index (χ1) is 6.99. The molecule has 1 fully saturated rings. The summed E-state index contributed by atoms with van der Waals surface area (Å²) in [5.41, 5.74) is 2.30. The van der Waals surface area contributed by atoms with Crippen LogP contribution in [0.5, 0.6) is 0 Å². The van der Waals surface area contributed by atoms with Gasteiger partial charge in [0.25, 0.3) is 0 Å². The van der Waals surface area contributed by atoms with Crippen LogP contribution in [-0.2, 0) is 4.84 Å².